The fourth-order valence-corrected chi connectivity index (χ4v) is 2.27. The first kappa shape index (κ1) is 17.5. The highest BCUT2D eigenvalue weighted by atomic mass is 19.2. The molecule has 0 aliphatic rings. The van der Waals surface area contributed by atoms with E-state index in [-0.39, 0.29) is 18.6 Å². The molecule has 1 aromatic rings. The Kier molecular flexibility index (Phi) is 6.68. The molecule has 0 saturated carbocycles. The molecule has 6 heteroatoms. The van der Waals surface area contributed by atoms with E-state index in [0.717, 1.165) is 6.07 Å². The summed E-state index contributed by atoms with van der Waals surface area (Å²) >= 11 is 0. The molecule has 21 heavy (non-hydrogen) atoms. The van der Waals surface area contributed by atoms with Gasteiger partial charge in [0.1, 0.15) is 5.82 Å². The van der Waals surface area contributed by atoms with Crippen LogP contribution in [0.1, 0.15) is 38.8 Å². The van der Waals surface area contributed by atoms with Gasteiger partial charge < -0.3 is 4.74 Å². The number of hydrogen-bond donors (Lipinski definition) is 0. The second-order valence-corrected chi connectivity index (χ2v) is 4.53. The number of rotatable bonds is 7. The molecule has 0 N–H and O–H groups in total. The zero-order chi connectivity index (χ0) is 16.0. The second kappa shape index (κ2) is 8.02. The van der Waals surface area contributed by atoms with Crippen molar-refractivity contribution in [3.63, 3.8) is 0 Å². The number of hydrogen-bond acceptors (Lipinski definition) is 3. The lowest BCUT2D eigenvalue weighted by Gasteiger charge is -2.29. The van der Waals surface area contributed by atoms with Gasteiger partial charge in [-0.1, -0.05) is 13.8 Å². The van der Waals surface area contributed by atoms with E-state index in [4.69, 9.17) is 4.74 Å². The number of esters is 1. The van der Waals surface area contributed by atoms with E-state index in [9.17, 15) is 18.0 Å². The number of carbonyl (C=O) groups is 1. The van der Waals surface area contributed by atoms with Crippen molar-refractivity contribution < 1.29 is 22.7 Å². The van der Waals surface area contributed by atoms with Crippen molar-refractivity contribution in [2.75, 3.05) is 19.7 Å². The highest BCUT2D eigenvalue weighted by molar-refractivity contribution is 5.70. The lowest BCUT2D eigenvalue weighted by molar-refractivity contribution is -0.144. The molecule has 0 radical (unpaired) electrons. The van der Waals surface area contributed by atoms with Crippen molar-refractivity contribution in [1.29, 1.82) is 0 Å². The number of carbonyl (C=O) groups excluding carboxylic acids is 1. The first-order valence-electron chi connectivity index (χ1n) is 6.98. The van der Waals surface area contributed by atoms with Gasteiger partial charge in [0.15, 0.2) is 11.6 Å². The molecule has 1 rings (SSSR count). The van der Waals surface area contributed by atoms with E-state index in [1.165, 1.54) is 0 Å². The van der Waals surface area contributed by atoms with Crippen LogP contribution in [0.3, 0.4) is 0 Å². The van der Waals surface area contributed by atoms with Gasteiger partial charge in [0.25, 0.3) is 0 Å². The Balaban J connectivity index is 3.17. The van der Waals surface area contributed by atoms with E-state index >= 15 is 0 Å². The summed E-state index contributed by atoms with van der Waals surface area (Å²) in [5.74, 6) is -3.74. The summed E-state index contributed by atoms with van der Waals surface area (Å²) in [6.45, 7) is 6.66. The SMILES string of the molecule is CCOC(=O)CC(c1cc(F)c(F)cc1F)N(CC)CC. The molecule has 0 aliphatic heterocycles. The quantitative estimate of drug-likeness (QED) is 0.571. The summed E-state index contributed by atoms with van der Waals surface area (Å²) in [5.41, 5.74) is -0.0364. The number of nitrogens with zero attached hydrogens (tertiary/aromatic N) is 1. The summed E-state index contributed by atoms with van der Waals surface area (Å²) in [6, 6.07) is 0.633. The van der Waals surface area contributed by atoms with Crippen LogP contribution >= 0.6 is 0 Å². The molecule has 1 atom stereocenters. The van der Waals surface area contributed by atoms with Crippen LogP contribution < -0.4 is 0 Å². The van der Waals surface area contributed by atoms with Crippen LogP contribution in [-0.4, -0.2) is 30.6 Å². The first-order chi connectivity index (χ1) is 9.94. The van der Waals surface area contributed by atoms with E-state index in [0.29, 0.717) is 19.2 Å². The van der Waals surface area contributed by atoms with Crippen molar-refractivity contribution in [3.05, 3.63) is 35.1 Å². The Hall–Kier alpha value is -1.56. The van der Waals surface area contributed by atoms with Crippen LogP contribution in [0.2, 0.25) is 0 Å². The molecule has 0 fully saturated rings. The minimum absolute atomic E-state index is 0.0364. The maximum absolute atomic E-state index is 14.0. The molecule has 1 unspecified atom stereocenters. The molecule has 0 aliphatic carbocycles. The predicted octanol–water partition coefficient (Wildman–Crippen LogP) is 3.44. The molecule has 3 nitrogen and oxygen atoms in total. The Bertz CT molecular complexity index is 490. The standard InChI is InChI=1S/C15H20F3NO2/c1-4-19(5-2)14(9-15(20)21-6-3)10-7-12(17)13(18)8-11(10)16/h7-8,14H,4-6,9H2,1-3H3. The lowest BCUT2D eigenvalue weighted by Crippen LogP contribution is -2.31. The summed E-state index contributed by atoms with van der Waals surface area (Å²) in [7, 11) is 0. The van der Waals surface area contributed by atoms with E-state index < -0.39 is 29.5 Å². The van der Waals surface area contributed by atoms with E-state index in [1.54, 1.807) is 11.8 Å². The van der Waals surface area contributed by atoms with Gasteiger partial charge >= 0.3 is 5.97 Å². The minimum Gasteiger partial charge on any atom is -0.466 e. The molecular formula is C15H20F3NO2. The van der Waals surface area contributed by atoms with Gasteiger partial charge in [-0.15, -0.1) is 0 Å². The molecule has 0 heterocycles. The molecule has 0 bridgehead atoms. The fraction of sp³-hybridized carbons (Fsp3) is 0.533. The smallest absolute Gasteiger partial charge is 0.307 e. The Morgan fingerprint density at radius 2 is 1.67 bits per heavy atom. The number of ether oxygens (including phenoxy) is 1. The zero-order valence-corrected chi connectivity index (χ0v) is 12.5. The van der Waals surface area contributed by atoms with Crippen molar-refractivity contribution in [2.24, 2.45) is 0 Å². The van der Waals surface area contributed by atoms with Crippen molar-refractivity contribution in [3.8, 4) is 0 Å². The van der Waals surface area contributed by atoms with Gasteiger partial charge in [0, 0.05) is 17.7 Å². The van der Waals surface area contributed by atoms with Crippen LogP contribution in [0, 0.1) is 17.5 Å². The monoisotopic (exact) mass is 303 g/mol. The Labute approximate surface area is 122 Å². The predicted molar refractivity (Wildman–Crippen MR) is 73.2 cm³/mol. The second-order valence-electron chi connectivity index (χ2n) is 4.53. The largest absolute Gasteiger partial charge is 0.466 e. The van der Waals surface area contributed by atoms with Gasteiger partial charge in [-0.3, -0.25) is 9.69 Å². The molecule has 1 aromatic carbocycles. The number of benzene rings is 1. The third-order valence-corrected chi connectivity index (χ3v) is 3.32. The molecular weight excluding hydrogens is 283 g/mol. The van der Waals surface area contributed by atoms with Crippen LogP contribution in [0.25, 0.3) is 0 Å². The number of halogens is 3. The van der Waals surface area contributed by atoms with Crippen LogP contribution in [0.15, 0.2) is 12.1 Å². The third kappa shape index (κ3) is 4.46. The van der Waals surface area contributed by atoms with Crippen molar-refractivity contribution in [1.82, 2.24) is 4.90 Å². The molecule has 0 aromatic heterocycles. The molecule has 0 amide bonds. The summed E-state index contributed by atoms with van der Waals surface area (Å²) in [5, 5.41) is 0. The summed E-state index contributed by atoms with van der Waals surface area (Å²) in [4.78, 5) is 13.5. The first-order valence-corrected chi connectivity index (χ1v) is 6.98. The molecule has 118 valence electrons. The van der Waals surface area contributed by atoms with Gasteiger partial charge in [-0.05, 0) is 26.1 Å². The van der Waals surface area contributed by atoms with Gasteiger partial charge in [-0.25, -0.2) is 13.2 Å². The highest BCUT2D eigenvalue weighted by Crippen LogP contribution is 2.28. The van der Waals surface area contributed by atoms with Crippen molar-refractivity contribution >= 4 is 5.97 Å². The average molecular weight is 303 g/mol. The summed E-state index contributed by atoms with van der Waals surface area (Å²) in [6.07, 6.45) is -0.114. The van der Waals surface area contributed by atoms with Crippen LogP contribution in [0.4, 0.5) is 13.2 Å². The van der Waals surface area contributed by atoms with Crippen LogP contribution in [-0.2, 0) is 9.53 Å². The maximum atomic E-state index is 14.0. The van der Waals surface area contributed by atoms with Gasteiger partial charge in [-0.2, -0.15) is 0 Å². The Morgan fingerprint density at radius 3 is 2.19 bits per heavy atom. The molecule has 0 spiro atoms. The van der Waals surface area contributed by atoms with Gasteiger partial charge in [0.2, 0.25) is 0 Å². The zero-order valence-electron chi connectivity index (χ0n) is 12.5. The van der Waals surface area contributed by atoms with Crippen molar-refractivity contribution in [2.45, 2.75) is 33.2 Å². The van der Waals surface area contributed by atoms with Crippen LogP contribution in [0.5, 0.6) is 0 Å². The summed E-state index contributed by atoms with van der Waals surface area (Å²) < 4.78 is 45.3. The van der Waals surface area contributed by atoms with E-state index in [1.807, 2.05) is 13.8 Å². The average Bonchev–Trinajstić information content (AvgIpc) is 2.43. The van der Waals surface area contributed by atoms with Gasteiger partial charge in [0.05, 0.1) is 13.0 Å². The lowest BCUT2D eigenvalue weighted by atomic mass is 10.0. The van der Waals surface area contributed by atoms with E-state index in [2.05, 4.69) is 0 Å². The Morgan fingerprint density at radius 1 is 1.10 bits per heavy atom. The molecule has 0 saturated heterocycles. The third-order valence-electron chi connectivity index (χ3n) is 3.32. The fourth-order valence-electron chi connectivity index (χ4n) is 2.27. The topological polar surface area (TPSA) is 29.5 Å². The minimum atomic E-state index is -1.24. The normalized spacial score (nSPS) is 12.5. The maximum Gasteiger partial charge on any atom is 0.307 e. The highest BCUT2D eigenvalue weighted by Gasteiger charge is 2.26.